The number of hydrogen-bond donors (Lipinski definition) is 1. The molecular weight excluding hydrogens is 126 g/mol. The Morgan fingerprint density at radius 3 is 2.70 bits per heavy atom. The second-order valence-corrected chi connectivity index (χ2v) is 3.46. The van der Waals surface area contributed by atoms with Crippen molar-refractivity contribution in [2.24, 2.45) is 11.8 Å². The fourth-order valence-electron chi connectivity index (χ4n) is 1.63. The molecule has 10 heavy (non-hydrogen) atoms. The highest BCUT2D eigenvalue weighted by atomic mass is 16.2. The topological polar surface area (TPSA) is 29.1 Å². The van der Waals surface area contributed by atoms with Gasteiger partial charge in [-0.15, -0.1) is 0 Å². The van der Waals surface area contributed by atoms with Gasteiger partial charge in [0, 0.05) is 12.5 Å². The number of rotatable bonds is 2. The van der Waals surface area contributed by atoms with Crippen LogP contribution in [-0.4, -0.2) is 12.5 Å². The molecule has 0 aromatic rings. The molecule has 56 valence electrons. The second kappa shape index (κ2) is 2.26. The summed E-state index contributed by atoms with van der Waals surface area (Å²) < 4.78 is 0. The van der Waals surface area contributed by atoms with Crippen LogP contribution in [0.15, 0.2) is 0 Å². The van der Waals surface area contributed by atoms with E-state index < -0.39 is 0 Å². The second-order valence-electron chi connectivity index (χ2n) is 3.46. The minimum Gasteiger partial charge on any atom is -0.356 e. The van der Waals surface area contributed by atoms with Crippen molar-refractivity contribution in [1.29, 1.82) is 0 Å². The average Bonchev–Trinajstić information content (AvgIpc) is 2.62. The monoisotopic (exact) mass is 139 g/mol. The van der Waals surface area contributed by atoms with E-state index in [9.17, 15) is 4.79 Å². The number of amides is 1. The van der Waals surface area contributed by atoms with Crippen LogP contribution in [0.25, 0.3) is 0 Å². The molecule has 1 saturated heterocycles. The van der Waals surface area contributed by atoms with Crippen LogP contribution in [0.3, 0.4) is 0 Å². The molecule has 0 aromatic heterocycles. The molecule has 1 aliphatic carbocycles. The van der Waals surface area contributed by atoms with Crippen LogP contribution >= 0.6 is 0 Å². The van der Waals surface area contributed by atoms with Crippen LogP contribution < -0.4 is 5.32 Å². The lowest BCUT2D eigenvalue weighted by molar-refractivity contribution is -0.122. The van der Waals surface area contributed by atoms with Gasteiger partial charge in [-0.25, -0.2) is 0 Å². The maximum absolute atomic E-state index is 11.0. The average molecular weight is 139 g/mol. The van der Waals surface area contributed by atoms with Gasteiger partial charge in [0.1, 0.15) is 0 Å². The zero-order valence-corrected chi connectivity index (χ0v) is 6.10. The molecule has 2 rings (SSSR count). The zero-order chi connectivity index (χ0) is 6.97. The summed E-state index contributed by atoms with van der Waals surface area (Å²) in [5.41, 5.74) is 0. The Morgan fingerprint density at radius 1 is 1.40 bits per heavy atom. The summed E-state index contributed by atoms with van der Waals surface area (Å²) in [6, 6.07) is 0. The largest absolute Gasteiger partial charge is 0.356 e. The van der Waals surface area contributed by atoms with E-state index in [1.54, 1.807) is 0 Å². The highest BCUT2D eigenvalue weighted by molar-refractivity contribution is 5.80. The molecule has 1 atom stereocenters. The molecule has 1 N–H and O–H groups in total. The number of hydrogen-bond acceptors (Lipinski definition) is 1. The van der Waals surface area contributed by atoms with Gasteiger partial charge in [0.25, 0.3) is 0 Å². The summed E-state index contributed by atoms with van der Waals surface area (Å²) in [5.74, 6) is 1.56. The molecule has 2 aliphatic rings. The van der Waals surface area contributed by atoms with E-state index in [-0.39, 0.29) is 0 Å². The van der Waals surface area contributed by atoms with E-state index >= 15 is 0 Å². The predicted molar refractivity (Wildman–Crippen MR) is 38.5 cm³/mol. The van der Waals surface area contributed by atoms with Gasteiger partial charge in [0.05, 0.1) is 0 Å². The Morgan fingerprint density at radius 2 is 2.20 bits per heavy atom. The normalized spacial score (nSPS) is 32.4. The minimum absolute atomic E-state index is 0.298. The Kier molecular flexibility index (Phi) is 1.40. The van der Waals surface area contributed by atoms with E-state index in [0.29, 0.717) is 11.8 Å². The molecule has 0 spiro atoms. The van der Waals surface area contributed by atoms with Crippen molar-refractivity contribution in [2.75, 3.05) is 6.54 Å². The van der Waals surface area contributed by atoms with Crippen molar-refractivity contribution < 1.29 is 4.79 Å². The molecule has 1 aliphatic heterocycles. The summed E-state index contributed by atoms with van der Waals surface area (Å²) >= 11 is 0. The van der Waals surface area contributed by atoms with Crippen molar-refractivity contribution in [3.8, 4) is 0 Å². The molecule has 2 nitrogen and oxygen atoms in total. The first-order valence-corrected chi connectivity index (χ1v) is 4.14. The SMILES string of the molecule is O=C1NCC[C@@H]1CC1CC1. The molecule has 1 heterocycles. The lowest BCUT2D eigenvalue weighted by atomic mass is 10.0. The smallest absolute Gasteiger partial charge is 0.223 e. The van der Waals surface area contributed by atoms with Crippen LogP contribution in [0, 0.1) is 11.8 Å². The summed E-state index contributed by atoms with van der Waals surface area (Å²) in [6.45, 7) is 0.913. The lowest BCUT2D eigenvalue weighted by Gasteiger charge is -2.02. The highest BCUT2D eigenvalue weighted by Crippen LogP contribution is 2.36. The van der Waals surface area contributed by atoms with E-state index in [2.05, 4.69) is 5.32 Å². The number of carbonyl (C=O) groups is 1. The van der Waals surface area contributed by atoms with Gasteiger partial charge in [-0.2, -0.15) is 0 Å². The third kappa shape index (κ3) is 1.15. The van der Waals surface area contributed by atoms with E-state index in [4.69, 9.17) is 0 Å². The van der Waals surface area contributed by atoms with Gasteiger partial charge in [0.2, 0.25) is 5.91 Å². The molecule has 0 bridgehead atoms. The summed E-state index contributed by atoms with van der Waals surface area (Å²) in [4.78, 5) is 11.0. The number of carbonyl (C=O) groups excluding carboxylic acids is 1. The fourth-order valence-corrected chi connectivity index (χ4v) is 1.63. The Hall–Kier alpha value is -0.530. The van der Waals surface area contributed by atoms with Gasteiger partial charge in [-0.1, -0.05) is 12.8 Å². The quantitative estimate of drug-likeness (QED) is 0.605. The molecule has 2 fully saturated rings. The standard InChI is InChI=1S/C8H13NO/c10-8-7(3-4-9-8)5-6-1-2-6/h6-7H,1-5H2,(H,9,10)/t7-/m1/s1. The van der Waals surface area contributed by atoms with Crippen molar-refractivity contribution >= 4 is 5.91 Å². The Labute approximate surface area is 61.0 Å². The first-order chi connectivity index (χ1) is 4.86. The zero-order valence-electron chi connectivity index (χ0n) is 6.10. The van der Waals surface area contributed by atoms with Crippen molar-refractivity contribution in [3.63, 3.8) is 0 Å². The summed E-state index contributed by atoms with van der Waals surface area (Å²) in [7, 11) is 0. The lowest BCUT2D eigenvalue weighted by Crippen LogP contribution is -2.19. The van der Waals surface area contributed by atoms with E-state index in [0.717, 1.165) is 25.3 Å². The first kappa shape index (κ1) is 6.20. The Bertz CT molecular complexity index is 151. The maximum atomic E-state index is 11.0. The van der Waals surface area contributed by atoms with Gasteiger partial charge in [0.15, 0.2) is 0 Å². The van der Waals surface area contributed by atoms with Gasteiger partial charge >= 0.3 is 0 Å². The molecular formula is C8H13NO. The van der Waals surface area contributed by atoms with Crippen LogP contribution in [0.2, 0.25) is 0 Å². The molecule has 0 unspecified atom stereocenters. The van der Waals surface area contributed by atoms with Gasteiger partial charge in [-0.3, -0.25) is 4.79 Å². The maximum Gasteiger partial charge on any atom is 0.223 e. The van der Waals surface area contributed by atoms with Gasteiger partial charge in [-0.05, 0) is 18.8 Å². The molecule has 0 aromatic carbocycles. The van der Waals surface area contributed by atoms with E-state index in [1.807, 2.05) is 0 Å². The molecule has 1 amide bonds. The summed E-state index contributed by atoms with van der Waals surface area (Å²) in [5, 5.41) is 2.86. The minimum atomic E-state index is 0.298. The predicted octanol–water partition coefficient (Wildman–Crippen LogP) is 0.923. The fraction of sp³-hybridized carbons (Fsp3) is 0.875. The molecule has 0 radical (unpaired) electrons. The van der Waals surface area contributed by atoms with Crippen LogP contribution in [0.1, 0.15) is 25.7 Å². The van der Waals surface area contributed by atoms with E-state index in [1.165, 1.54) is 12.8 Å². The van der Waals surface area contributed by atoms with Crippen molar-refractivity contribution in [1.82, 2.24) is 5.32 Å². The number of nitrogens with one attached hydrogen (secondary N) is 1. The Balaban J connectivity index is 1.84. The van der Waals surface area contributed by atoms with Crippen molar-refractivity contribution in [2.45, 2.75) is 25.7 Å². The van der Waals surface area contributed by atoms with Crippen LogP contribution in [-0.2, 0) is 4.79 Å². The van der Waals surface area contributed by atoms with Gasteiger partial charge < -0.3 is 5.32 Å². The molecule has 2 heteroatoms. The highest BCUT2D eigenvalue weighted by Gasteiger charge is 2.31. The summed E-state index contributed by atoms with van der Waals surface area (Å²) in [6.07, 6.45) is 4.97. The first-order valence-electron chi connectivity index (χ1n) is 4.14. The van der Waals surface area contributed by atoms with Crippen molar-refractivity contribution in [3.05, 3.63) is 0 Å². The van der Waals surface area contributed by atoms with Crippen LogP contribution in [0.5, 0.6) is 0 Å². The third-order valence-corrected chi connectivity index (χ3v) is 2.48. The third-order valence-electron chi connectivity index (χ3n) is 2.48. The molecule has 1 saturated carbocycles. The van der Waals surface area contributed by atoms with Crippen LogP contribution in [0.4, 0.5) is 0 Å².